The van der Waals surface area contributed by atoms with Crippen LogP contribution in [0.15, 0.2) is 28.8 Å². The second-order valence-corrected chi connectivity index (χ2v) is 3.79. The number of fused-ring (bicyclic) bond motifs is 3. The summed E-state index contributed by atoms with van der Waals surface area (Å²) in [7, 11) is 0. The van der Waals surface area contributed by atoms with Gasteiger partial charge >= 0.3 is 0 Å². The molecule has 0 atom stereocenters. The van der Waals surface area contributed by atoms with Gasteiger partial charge in [-0.2, -0.15) is 0 Å². The van der Waals surface area contributed by atoms with Crippen LogP contribution in [-0.2, 0) is 6.42 Å². The molecular formula is C12H12N2O. The first-order valence-electron chi connectivity index (χ1n) is 5.14. The molecule has 1 aliphatic heterocycles. The number of anilines is 1. The molecule has 76 valence electrons. The van der Waals surface area contributed by atoms with Gasteiger partial charge in [0.25, 0.3) is 0 Å². The molecule has 1 aromatic carbocycles. The molecule has 1 N–H and O–H groups in total. The molecule has 1 aromatic heterocycles. The summed E-state index contributed by atoms with van der Waals surface area (Å²) < 4.78 is 5.33. The molecule has 0 radical (unpaired) electrons. The Morgan fingerprint density at radius 2 is 2.20 bits per heavy atom. The molecule has 0 aliphatic carbocycles. The molecule has 0 bridgehead atoms. The molecule has 0 spiro atoms. The van der Waals surface area contributed by atoms with Crippen LogP contribution in [0.25, 0.3) is 11.1 Å². The van der Waals surface area contributed by atoms with Gasteiger partial charge in [-0.15, -0.1) is 0 Å². The van der Waals surface area contributed by atoms with Crippen molar-refractivity contribution in [3.8, 4) is 11.1 Å². The second-order valence-electron chi connectivity index (χ2n) is 3.79. The fourth-order valence-electron chi connectivity index (χ4n) is 2.10. The van der Waals surface area contributed by atoms with Crippen LogP contribution in [0.3, 0.4) is 0 Å². The molecule has 2 heterocycles. The predicted octanol–water partition coefficient (Wildman–Crippen LogP) is 2.62. The highest BCUT2D eigenvalue weighted by Crippen LogP contribution is 2.35. The van der Waals surface area contributed by atoms with E-state index in [-0.39, 0.29) is 0 Å². The average molecular weight is 200 g/mol. The minimum atomic E-state index is 0.894. The van der Waals surface area contributed by atoms with E-state index in [2.05, 4.69) is 22.6 Å². The summed E-state index contributed by atoms with van der Waals surface area (Å²) in [5.74, 6) is 0.991. The van der Waals surface area contributed by atoms with Crippen LogP contribution < -0.4 is 5.32 Å². The minimum absolute atomic E-state index is 0.894. The van der Waals surface area contributed by atoms with Gasteiger partial charge in [-0.25, -0.2) is 0 Å². The van der Waals surface area contributed by atoms with E-state index in [1.54, 1.807) is 0 Å². The lowest BCUT2D eigenvalue weighted by Gasteiger charge is -2.06. The van der Waals surface area contributed by atoms with Crippen molar-refractivity contribution in [1.82, 2.24) is 5.16 Å². The van der Waals surface area contributed by atoms with Gasteiger partial charge in [0.1, 0.15) is 5.76 Å². The molecule has 0 fully saturated rings. The van der Waals surface area contributed by atoms with Gasteiger partial charge in [-0.05, 0) is 13.0 Å². The third-order valence-electron chi connectivity index (χ3n) is 2.80. The van der Waals surface area contributed by atoms with Gasteiger partial charge in [0.05, 0.1) is 5.69 Å². The summed E-state index contributed by atoms with van der Waals surface area (Å²) in [5.41, 5.74) is 4.50. The first kappa shape index (κ1) is 8.53. The van der Waals surface area contributed by atoms with E-state index in [1.807, 2.05) is 19.1 Å². The van der Waals surface area contributed by atoms with E-state index in [0.29, 0.717) is 0 Å². The molecule has 3 nitrogen and oxygen atoms in total. The standard InChI is InChI=1S/C12H12N2O/c1-8-12-9-4-2-3-5-10(9)13-7-6-11(12)15-14-8/h2-5,13H,6-7H2,1H3. The molecule has 0 amide bonds. The van der Waals surface area contributed by atoms with Gasteiger partial charge in [0.15, 0.2) is 0 Å². The quantitative estimate of drug-likeness (QED) is 0.710. The normalized spacial score (nSPS) is 13.7. The molecule has 0 saturated heterocycles. The highest BCUT2D eigenvalue weighted by Gasteiger charge is 2.19. The summed E-state index contributed by atoms with van der Waals surface area (Å²) in [6.07, 6.45) is 0.894. The van der Waals surface area contributed by atoms with Crippen molar-refractivity contribution in [2.45, 2.75) is 13.3 Å². The Bertz CT molecular complexity index is 502. The zero-order valence-electron chi connectivity index (χ0n) is 8.58. The zero-order chi connectivity index (χ0) is 10.3. The third-order valence-corrected chi connectivity index (χ3v) is 2.80. The Labute approximate surface area is 88.1 Å². The van der Waals surface area contributed by atoms with Crippen LogP contribution in [-0.4, -0.2) is 11.7 Å². The van der Waals surface area contributed by atoms with Crippen molar-refractivity contribution in [3.05, 3.63) is 35.7 Å². The van der Waals surface area contributed by atoms with Crippen LogP contribution >= 0.6 is 0 Å². The van der Waals surface area contributed by atoms with Crippen LogP contribution in [0.4, 0.5) is 5.69 Å². The summed E-state index contributed by atoms with van der Waals surface area (Å²) in [6, 6.07) is 8.29. The van der Waals surface area contributed by atoms with Gasteiger partial charge in [0, 0.05) is 29.8 Å². The summed E-state index contributed by atoms with van der Waals surface area (Å²) in [5, 5.41) is 7.43. The van der Waals surface area contributed by atoms with Crippen molar-refractivity contribution < 1.29 is 4.52 Å². The highest BCUT2D eigenvalue weighted by molar-refractivity contribution is 5.81. The lowest BCUT2D eigenvalue weighted by molar-refractivity contribution is 0.382. The zero-order valence-corrected chi connectivity index (χ0v) is 8.58. The second kappa shape index (κ2) is 3.12. The monoisotopic (exact) mass is 200 g/mol. The molecule has 1 aliphatic rings. The average Bonchev–Trinajstić information content (AvgIpc) is 2.52. The van der Waals surface area contributed by atoms with Crippen molar-refractivity contribution in [3.63, 3.8) is 0 Å². The summed E-state index contributed by atoms with van der Waals surface area (Å²) in [4.78, 5) is 0. The molecule has 0 saturated carbocycles. The number of aromatic nitrogens is 1. The molecule has 3 heteroatoms. The van der Waals surface area contributed by atoms with Gasteiger partial charge < -0.3 is 9.84 Å². The van der Waals surface area contributed by atoms with E-state index in [4.69, 9.17) is 4.52 Å². The number of rotatable bonds is 0. The first-order valence-corrected chi connectivity index (χ1v) is 5.14. The minimum Gasteiger partial charge on any atom is -0.384 e. The highest BCUT2D eigenvalue weighted by atomic mass is 16.5. The van der Waals surface area contributed by atoms with E-state index >= 15 is 0 Å². The van der Waals surface area contributed by atoms with Crippen LogP contribution in [0.5, 0.6) is 0 Å². The van der Waals surface area contributed by atoms with Crippen molar-refractivity contribution in [2.24, 2.45) is 0 Å². The van der Waals surface area contributed by atoms with Crippen LogP contribution in [0, 0.1) is 6.92 Å². The topological polar surface area (TPSA) is 38.1 Å². The molecule has 3 rings (SSSR count). The number of hydrogen-bond donors (Lipinski definition) is 1. The first-order chi connectivity index (χ1) is 7.36. The van der Waals surface area contributed by atoms with E-state index < -0.39 is 0 Å². The number of para-hydroxylation sites is 1. The fourth-order valence-corrected chi connectivity index (χ4v) is 2.10. The maximum Gasteiger partial charge on any atom is 0.146 e. The Kier molecular flexibility index (Phi) is 1.78. The van der Waals surface area contributed by atoms with E-state index in [0.717, 1.165) is 30.0 Å². The van der Waals surface area contributed by atoms with Crippen molar-refractivity contribution in [2.75, 3.05) is 11.9 Å². The Balaban J connectivity index is 2.30. The maximum absolute atomic E-state index is 5.33. The molecule has 0 unspecified atom stereocenters. The molecule has 2 aromatic rings. The van der Waals surface area contributed by atoms with Crippen molar-refractivity contribution >= 4 is 5.69 Å². The molecule has 15 heavy (non-hydrogen) atoms. The fraction of sp³-hybridized carbons (Fsp3) is 0.250. The predicted molar refractivity (Wildman–Crippen MR) is 58.9 cm³/mol. The number of aryl methyl sites for hydroxylation is 1. The van der Waals surface area contributed by atoms with Gasteiger partial charge in [0.2, 0.25) is 0 Å². The lowest BCUT2D eigenvalue weighted by Crippen LogP contribution is -2.01. The van der Waals surface area contributed by atoms with E-state index in [9.17, 15) is 0 Å². The van der Waals surface area contributed by atoms with Crippen LogP contribution in [0.1, 0.15) is 11.5 Å². The maximum atomic E-state index is 5.33. The van der Waals surface area contributed by atoms with E-state index in [1.165, 1.54) is 11.3 Å². The van der Waals surface area contributed by atoms with Gasteiger partial charge in [-0.3, -0.25) is 0 Å². The van der Waals surface area contributed by atoms with Gasteiger partial charge in [-0.1, -0.05) is 23.4 Å². The number of nitrogens with zero attached hydrogens (tertiary/aromatic N) is 1. The Hall–Kier alpha value is -1.77. The Morgan fingerprint density at radius 3 is 3.13 bits per heavy atom. The van der Waals surface area contributed by atoms with Crippen molar-refractivity contribution in [1.29, 1.82) is 0 Å². The largest absolute Gasteiger partial charge is 0.384 e. The Morgan fingerprint density at radius 1 is 1.33 bits per heavy atom. The number of nitrogens with one attached hydrogen (secondary N) is 1. The SMILES string of the molecule is Cc1noc2c1-c1ccccc1NCC2. The number of hydrogen-bond acceptors (Lipinski definition) is 3. The third kappa shape index (κ3) is 1.23. The number of benzene rings is 1. The smallest absolute Gasteiger partial charge is 0.146 e. The lowest BCUT2D eigenvalue weighted by atomic mass is 10.0. The summed E-state index contributed by atoms with van der Waals surface area (Å²) >= 11 is 0. The summed E-state index contributed by atoms with van der Waals surface area (Å²) in [6.45, 7) is 2.89. The molecular weight excluding hydrogens is 188 g/mol. The van der Waals surface area contributed by atoms with Crippen LogP contribution in [0.2, 0.25) is 0 Å².